The summed E-state index contributed by atoms with van der Waals surface area (Å²) < 4.78 is 0. The molecule has 1 aromatic rings. The molecule has 2 fully saturated rings. The zero-order valence-electron chi connectivity index (χ0n) is 16.7. The van der Waals surface area contributed by atoms with Crippen molar-refractivity contribution in [3.63, 3.8) is 0 Å². The fourth-order valence-corrected chi connectivity index (χ4v) is 4.48. The molecule has 2 aliphatic rings. The van der Waals surface area contributed by atoms with E-state index in [4.69, 9.17) is 5.11 Å². The van der Waals surface area contributed by atoms with Gasteiger partial charge in [-0.2, -0.15) is 0 Å². The molecule has 3 N–H and O–H groups in total. The first kappa shape index (κ1) is 20.6. The molecule has 0 spiro atoms. The number of aromatic nitrogens is 1. The normalized spacial score (nSPS) is 25.4. The summed E-state index contributed by atoms with van der Waals surface area (Å²) in [6.45, 7) is 1.81. The van der Waals surface area contributed by atoms with Crippen LogP contribution in [0.3, 0.4) is 0 Å². The summed E-state index contributed by atoms with van der Waals surface area (Å²) in [4.78, 5) is 29.8. The van der Waals surface area contributed by atoms with E-state index in [-0.39, 0.29) is 17.9 Å². The van der Waals surface area contributed by atoms with E-state index in [9.17, 15) is 9.59 Å². The Hall–Kier alpha value is -2.15. The molecule has 1 aliphatic heterocycles. The van der Waals surface area contributed by atoms with Gasteiger partial charge in [-0.25, -0.2) is 4.79 Å². The minimum absolute atomic E-state index is 0.00902. The minimum Gasteiger partial charge on any atom is -0.465 e. The third kappa shape index (κ3) is 5.67. The maximum absolute atomic E-state index is 12.3. The standard InChI is InChI=1S/C21H32N4O3/c1-25-11-3-5-19(25)17-12-15(13-22-14-17)4-2-10-23-20(26)16-6-8-18(9-7-16)24-21(27)28/h12-14,16,18-19,24H,2-11H2,1H3,(H,23,26)(H,27,28)/t16?,18?,19-/m0/s1. The first-order chi connectivity index (χ1) is 13.5. The van der Waals surface area contributed by atoms with Crippen LogP contribution < -0.4 is 10.6 Å². The van der Waals surface area contributed by atoms with Crippen LogP contribution >= 0.6 is 0 Å². The molecule has 3 rings (SSSR count). The van der Waals surface area contributed by atoms with Crippen molar-refractivity contribution in [1.82, 2.24) is 20.5 Å². The Kier molecular flexibility index (Phi) is 7.25. The second-order valence-corrected chi connectivity index (χ2v) is 8.16. The van der Waals surface area contributed by atoms with Crippen molar-refractivity contribution in [2.24, 2.45) is 5.92 Å². The van der Waals surface area contributed by atoms with Crippen LogP contribution in [0.2, 0.25) is 0 Å². The van der Waals surface area contributed by atoms with Gasteiger partial charge < -0.3 is 15.7 Å². The van der Waals surface area contributed by atoms with E-state index in [2.05, 4.69) is 33.6 Å². The lowest BCUT2D eigenvalue weighted by Gasteiger charge is -2.27. The van der Waals surface area contributed by atoms with E-state index in [1.807, 2.05) is 12.4 Å². The smallest absolute Gasteiger partial charge is 0.404 e. The Labute approximate surface area is 166 Å². The van der Waals surface area contributed by atoms with Crippen molar-refractivity contribution in [2.45, 2.75) is 63.5 Å². The van der Waals surface area contributed by atoms with E-state index in [0.717, 1.165) is 45.1 Å². The zero-order chi connectivity index (χ0) is 19.9. The summed E-state index contributed by atoms with van der Waals surface area (Å²) >= 11 is 0. The molecule has 0 radical (unpaired) electrons. The summed E-state index contributed by atoms with van der Waals surface area (Å²) in [5.74, 6) is 0.114. The number of aryl methyl sites for hydroxylation is 1. The molecule has 1 saturated carbocycles. The lowest BCUT2D eigenvalue weighted by atomic mass is 9.85. The second kappa shape index (κ2) is 9.87. The molecular weight excluding hydrogens is 356 g/mol. The predicted octanol–water partition coefficient (Wildman–Crippen LogP) is 2.72. The van der Waals surface area contributed by atoms with E-state index in [0.29, 0.717) is 12.6 Å². The molecule has 0 unspecified atom stereocenters. The summed E-state index contributed by atoms with van der Waals surface area (Å²) in [6.07, 6.45) is 10.1. The van der Waals surface area contributed by atoms with E-state index < -0.39 is 6.09 Å². The molecule has 154 valence electrons. The molecule has 1 aliphatic carbocycles. The predicted molar refractivity (Wildman–Crippen MR) is 107 cm³/mol. The lowest BCUT2D eigenvalue weighted by molar-refractivity contribution is -0.126. The summed E-state index contributed by atoms with van der Waals surface area (Å²) in [7, 11) is 2.17. The summed E-state index contributed by atoms with van der Waals surface area (Å²) in [5, 5.41) is 14.3. The number of pyridine rings is 1. The van der Waals surface area contributed by atoms with Crippen molar-refractivity contribution in [3.05, 3.63) is 29.6 Å². The zero-order valence-corrected chi connectivity index (χ0v) is 16.7. The number of amides is 2. The first-order valence-corrected chi connectivity index (χ1v) is 10.4. The minimum atomic E-state index is -0.981. The Morgan fingerprint density at radius 2 is 2.00 bits per heavy atom. The Morgan fingerprint density at radius 3 is 2.68 bits per heavy atom. The maximum atomic E-state index is 12.3. The highest BCUT2D eigenvalue weighted by molar-refractivity contribution is 5.78. The first-order valence-electron chi connectivity index (χ1n) is 10.4. The van der Waals surface area contributed by atoms with Crippen molar-refractivity contribution in [1.29, 1.82) is 0 Å². The number of hydrogen-bond donors (Lipinski definition) is 3. The number of nitrogens with one attached hydrogen (secondary N) is 2. The maximum Gasteiger partial charge on any atom is 0.404 e. The highest BCUT2D eigenvalue weighted by Crippen LogP contribution is 2.30. The van der Waals surface area contributed by atoms with Crippen LogP contribution in [-0.2, 0) is 11.2 Å². The van der Waals surface area contributed by atoms with Crippen LogP contribution in [0.15, 0.2) is 18.5 Å². The number of hydrogen-bond acceptors (Lipinski definition) is 4. The van der Waals surface area contributed by atoms with Gasteiger partial charge in [0.2, 0.25) is 5.91 Å². The van der Waals surface area contributed by atoms with Crippen LogP contribution in [0.5, 0.6) is 0 Å². The Bertz CT molecular complexity index is 673. The SMILES string of the molecule is CN1CCC[C@H]1c1cncc(CCCNC(=O)C2CCC(NC(=O)O)CC2)c1. The van der Waals surface area contributed by atoms with E-state index in [1.165, 1.54) is 24.0 Å². The van der Waals surface area contributed by atoms with Gasteiger partial charge in [-0.3, -0.25) is 14.7 Å². The van der Waals surface area contributed by atoms with Gasteiger partial charge in [-0.1, -0.05) is 6.07 Å². The third-order valence-corrected chi connectivity index (χ3v) is 6.09. The topological polar surface area (TPSA) is 94.6 Å². The van der Waals surface area contributed by atoms with Gasteiger partial charge in [0.15, 0.2) is 0 Å². The number of carbonyl (C=O) groups excluding carboxylic acids is 1. The molecule has 7 heteroatoms. The fourth-order valence-electron chi connectivity index (χ4n) is 4.48. The van der Waals surface area contributed by atoms with Crippen LogP contribution in [0.1, 0.15) is 62.1 Å². The number of rotatable bonds is 7. The molecule has 1 atom stereocenters. The van der Waals surface area contributed by atoms with Crippen molar-refractivity contribution < 1.29 is 14.7 Å². The molecule has 7 nitrogen and oxygen atoms in total. The van der Waals surface area contributed by atoms with Gasteiger partial charge in [0.25, 0.3) is 0 Å². The molecule has 1 aromatic heterocycles. The number of nitrogens with zero attached hydrogens (tertiary/aromatic N) is 2. The molecule has 0 aromatic carbocycles. The van der Waals surface area contributed by atoms with Crippen molar-refractivity contribution >= 4 is 12.0 Å². The van der Waals surface area contributed by atoms with E-state index >= 15 is 0 Å². The highest BCUT2D eigenvalue weighted by atomic mass is 16.4. The van der Waals surface area contributed by atoms with Crippen LogP contribution in [0, 0.1) is 5.92 Å². The molecule has 2 amide bonds. The van der Waals surface area contributed by atoms with Crippen LogP contribution in [0.4, 0.5) is 4.79 Å². The highest BCUT2D eigenvalue weighted by Gasteiger charge is 2.27. The average Bonchev–Trinajstić information content (AvgIpc) is 3.11. The van der Waals surface area contributed by atoms with Crippen molar-refractivity contribution in [3.8, 4) is 0 Å². The van der Waals surface area contributed by atoms with Gasteiger partial charge in [-0.15, -0.1) is 0 Å². The lowest BCUT2D eigenvalue weighted by Crippen LogP contribution is -2.40. The Balaban J connectivity index is 1.37. The van der Waals surface area contributed by atoms with Gasteiger partial charge in [0.1, 0.15) is 0 Å². The Morgan fingerprint density at radius 1 is 1.21 bits per heavy atom. The fraction of sp³-hybridized carbons (Fsp3) is 0.667. The van der Waals surface area contributed by atoms with Crippen molar-refractivity contribution in [2.75, 3.05) is 20.1 Å². The van der Waals surface area contributed by atoms with Gasteiger partial charge in [-0.05, 0) is 76.1 Å². The molecule has 28 heavy (non-hydrogen) atoms. The van der Waals surface area contributed by atoms with Gasteiger partial charge >= 0.3 is 6.09 Å². The van der Waals surface area contributed by atoms with Gasteiger partial charge in [0.05, 0.1) is 0 Å². The van der Waals surface area contributed by atoms with Gasteiger partial charge in [0, 0.05) is 36.9 Å². The number of carboxylic acid groups (broad SMARTS) is 1. The molecular formula is C21H32N4O3. The number of carbonyl (C=O) groups is 2. The molecule has 2 heterocycles. The molecule has 0 bridgehead atoms. The largest absolute Gasteiger partial charge is 0.465 e. The average molecular weight is 389 g/mol. The van der Waals surface area contributed by atoms with Crippen LogP contribution in [0.25, 0.3) is 0 Å². The second-order valence-electron chi connectivity index (χ2n) is 8.16. The summed E-state index contributed by atoms with van der Waals surface area (Å²) in [6, 6.07) is 2.73. The monoisotopic (exact) mass is 388 g/mol. The van der Waals surface area contributed by atoms with E-state index in [1.54, 1.807) is 0 Å². The molecule has 1 saturated heterocycles. The summed E-state index contributed by atoms with van der Waals surface area (Å²) in [5.41, 5.74) is 2.53. The number of likely N-dealkylation sites (tertiary alicyclic amines) is 1. The third-order valence-electron chi connectivity index (χ3n) is 6.09. The van der Waals surface area contributed by atoms with Crippen LogP contribution in [-0.4, -0.2) is 53.2 Å². The quantitative estimate of drug-likeness (QED) is 0.625.